The molecule has 1 aliphatic carbocycles. The summed E-state index contributed by atoms with van der Waals surface area (Å²) < 4.78 is 6.15. The van der Waals surface area contributed by atoms with Crippen LogP contribution in [0.3, 0.4) is 0 Å². The van der Waals surface area contributed by atoms with Crippen molar-refractivity contribution in [1.82, 2.24) is 19.9 Å². The van der Waals surface area contributed by atoms with E-state index >= 15 is 0 Å². The van der Waals surface area contributed by atoms with E-state index in [1.54, 1.807) is 0 Å². The summed E-state index contributed by atoms with van der Waals surface area (Å²) in [5.74, 6) is -0.321. The number of ether oxygens (including phenoxy) is 1. The zero-order chi connectivity index (χ0) is 24.2. The number of hydrogen-bond donors (Lipinski definition) is 2. The number of aromatic amines is 1. The van der Waals surface area contributed by atoms with Crippen molar-refractivity contribution in [1.29, 1.82) is 5.26 Å². The number of imidazole rings is 1. The van der Waals surface area contributed by atoms with Crippen LogP contribution in [0.15, 0.2) is 24.4 Å². The number of anilines is 1. The zero-order valence-corrected chi connectivity index (χ0v) is 20.5. The van der Waals surface area contributed by atoms with Gasteiger partial charge in [-0.15, -0.1) is 0 Å². The normalized spacial score (nSPS) is 15.8. The van der Waals surface area contributed by atoms with Gasteiger partial charge in [0.05, 0.1) is 29.9 Å². The van der Waals surface area contributed by atoms with Crippen LogP contribution >= 0.6 is 0 Å². The standard InChI is InChI=1S/C25H34N6O2/c1-24(2)11-9-17(10-12-24)21-19(29-23(32)22-27-16-18(15-26)28-22)7-8-20(30-21)25(3,4)33-14-13-31(5)6/h7-9,16H,10-14H2,1-6H3,(H,27,28)(H,29,32). The Kier molecular flexibility index (Phi) is 7.35. The highest BCUT2D eigenvalue weighted by molar-refractivity contribution is 6.03. The quantitative estimate of drug-likeness (QED) is 0.620. The van der Waals surface area contributed by atoms with Crippen LogP contribution in [0.5, 0.6) is 0 Å². The summed E-state index contributed by atoms with van der Waals surface area (Å²) >= 11 is 0. The topological polar surface area (TPSA) is 107 Å². The summed E-state index contributed by atoms with van der Waals surface area (Å²) in [4.78, 5) is 26.5. The molecule has 33 heavy (non-hydrogen) atoms. The Bertz CT molecular complexity index is 1070. The number of nitriles is 1. The van der Waals surface area contributed by atoms with Gasteiger partial charge < -0.3 is 19.9 Å². The molecule has 0 aromatic carbocycles. The number of nitrogens with zero attached hydrogens (tertiary/aromatic N) is 4. The van der Waals surface area contributed by atoms with Crippen LogP contribution in [0.2, 0.25) is 0 Å². The molecule has 3 rings (SSSR count). The molecule has 0 fully saturated rings. The van der Waals surface area contributed by atoms with E-state index in [4.69, 9.17) is 15.0 Å². The number of allylic oxidation sites excluding steroid dienone is 2. The lowest BCUT2D eigenvalue weighted by molar-refractivity contribution is -0.0298. The Morgan fingerprint density at radius 2 is 2.12 bits per heavy atom. The van der Waals surface area contributed by atoms with Gasteiger partial charge in [0, 0.05) is 6.54 Å². The highest BCUT2D eigenvalue weighted by atomic mass is 16.5. The van der Waals surface area contributed by atoms with Gasteiger partial charge in [0.1, 0.15) is 17.4 Å². The van der Waals surface area contributed by atoms with E-state index in [0.717, 1.165) is 42.8 Å². The number of H-pyrrole nitrogens is 1. The minimum absolute atomic E-state index is 0.0904. The first-order valence-electron chi connectivity index (χ1n) is 11.3. The van der Waals surface area contributed by atoms with Crippen LogP contribution in [-0.4, -0.2) is 53.0 Å². The lowest BCUT2D eigenvalue weighted by atomic mass is 9.77. The van der Waals surface area contributed by atoms with Crippen LogP contribution in [0.1, 0.15) is 74.7 Å². The maximum absolute atomic E-state index is 12.8. The molecule has 0 radical (unpaired) electrons. The first kappa shape index (κ1) is 24.6. The average molecular weight is 451 g/mol. The van der Waals surface area contributed by atoms with E-state index in [-0.39, 0.29) is 16.9 Å². The SMILES string of the molecule is CN(C)CCOC(C)(C)c1ccc(NC(=O)c2ncc(C#N)[nH]2)c(C2=CCC(C)(C)CC2)n1. The molecule has 0 spiro atoms. The van der Waals surface area contributed by atoms with Gasteiger partial charge >= 0.3 is 0 Å². The summed E-state index contributed by atoms with van der Waals surface area (Å²) in [7, 11) is 4.03. The van der Waals surface area contributed by atoms with Crippen LogP contribution in [0.4, 0.5) is 5.69 Å². The number of carbonyl (C=O) groups is 1. The molecule has 2 aromatic heterocycles. The molecule has 0 saturated heterocycles. The molecular weight excluding hydrogens is 416 g/mol. The van der Waals surface area contributed by atoms with E-state index in [1.165, 1.54) is 6.20 Å². The summed E-state index contributed by atoms with van der Waals surface area (Å²) in [6.07, 6.45) is 6.45. The maximum Gasteiger partial charge on any atom is 0.291 e. The van der Waals surface area contributed by atoms with Crippen LogP contribution in [0, 0.1) is 16.7 Å². The van der Waals surface area contributed by atoms with Gasteiger partial charge in [0.2, 0.25) is 0 Å². The summed E-state index contributed by atoms with van der Waals surface area (Å²) in [5, 5.41) is 11.9. The van der Waals surface area contributed by atoms with Crippen molar-refractivity contribution in [2.45, 2.75) is 52.6 Å². The van der Waals surface area contributed by atoms with Crippen LogP contribution in [0.25, 0.3) is 5.57 Å². The number of amides is 1. The number of likely N-dealkylation sites (N-methyl/N-ethyl adjacent to an activating group) is 1. The van der Waals surface area contributed by atoms with Gasteiger partial charge in [-0.1, -0.05) is 19.9 Å². The minimum Gasteiger partial charge on any atom is -0.368 e. The summed E-state index contributed by atoms with van der Waals surface area (Å²) in [5.41, 5.74) is 3.22. The molecule has 8 heteroatoms. The second kappa shape index (κ2) is 9.86. The fourth-order valence-corrected chi connectivity index (χ4v) is 3.66. The number of carbonyl (C=O) groups excluding carboxylic acids is 1. The highest BCUT2D eigenvalue weighted by Gasteiger charge is 2.28. The Hall–Kier alpha value is -3.02. The van der Waals surface area contributed by atoms with Crippen molar-refractivity contribution in [3.05, 3.63) is 47.3 Å². The van der Waals surface area contributed by atoms with Crippen molar-refractivity contribution >= 4 is 17.2 Å². The Balaban J connectivity index is 1.92. The van der Waals surface area contributed by atoms with Gasteiger partial charge in [0.25, 0.3) is 5.91 Å². The van der Waals surface area contributed by atoms with Crippen molar-refractivity contribution in [2.75, 3.05) is 32.6 Å². The zero-order valence-electron chi connectivity index (χ0n) is 20.5. The molecule has 176 valence electrons. The Morgan fingerprint density at radius 3 is 2.73 bits per heavy atom. The molecular formula is C25H34N6O2. The molecule has 8 nitrogen and oxygen atoms in total. The molecule has 0 atom stereocenters. The molecule has 2 N–H and O–H groups in total. The Labute approximate surface area is 196 Å². The second-order valence-corrected chi connectivity index (χ2v) is 10.1. The number of hydrogen-bond acceptors (Lipinski definition) is 6. The van der Waals surface area contributed by atoms with E-state index in [9.17, 15) is 4.79 Å². The second-order valence-electron chi connectivity index (χ2n) is 10.1. The highest BCUT2D eigenvalue weighted by Crippen LogP contribution is 2.40. The summed E-state index contributed by atoms with van der Waals surface area (Å²) in [6.45, 7) is 9.95. The molecule has 1 aliphatic rings. The van der Waals surface area contributed by atoms with Gasteiger partial charge in [-0.05, 0) is 70.3 Å². The minimum atomic E-state index is -0.579. The van der Waals surface area contributed by atoms with Crippen LogP contribution in [-0.2, 0) is 10.3 Å². The maximum atomic E-state index is 12.8. The average Bonchev–Trinajstić information content (AvgIpc) is 3.23. The number of pyridine rings is 1. The van der Waals surface area contributed by atoms with Crippen molar-refractivity contribution in [2.24, 2.45) is 5.41 Å². The predicted octanol–water partition coefficient (Wildman–Crippen LogP) is 4.34. The van der Waals surface area contributed by atoms with Gasteiger partial charge in [-0.3, -0.25) is 4.79 Å². The van der Waals surface area contributed by atoms with Crippen LogP contribution < -0.4 is 5.32 Å². The number of nitrogens with one attached hydrogen (secondary N) is 2. The summed E-state index contributed by atoms with van der Waals surface area (Å²) in [6, 6.07) is 5.72. The molecule has 2 heterocycles. The smallest absolute Gasteiger partial charge is 0.291 e. The number of rotatable bonds is 8. The van der Waals surface area contributed by atoms with Gasteiger partial charge in [-0.2, -0.15) is 5.26 Å². The largest absolute Gasteiger partial charge is 0.368 e. The molecule has 0 bridgehead atoms. The van der Waals surface area contributed by atoms with Gasteiger partial charge in [-0.25, -0.2) is 9.97 Å². The fraction of sp³-hybridized carbons (Fsp3) is 0.520. The lowest BCUT2D eigenvalue weighted by Gasteiger charge is -2.30. The fourth-order valence-electron chi connectivity index (χ4n) is 3.66. The molecule has 0 saturated carbocycles. The third-order valence-corrected chi connectivity index (χ3v) is 5.95. The molecule has 1 amide bonds. The number of aromatic nitrogens is 3. The first-order chi connectivity index (χ1) is 15.5. The third-order valence-electron chi connectivity index (χ3n) is 5.95. The van der Waals surface area contributed by atoms with Gasteiger partial charge in [0.15, 0.2) is 5.82 Å². The molecule has 0 unspecified atom stereocenters. The third kappa shape index (κ3) is 6.28. The monoisotopic (exact) mass is 450 g/mol. The van der Waals surface area contributed by atoms with E-state index in [0.29, 0.717) is 12.3 Å². The first-order valence-corrected chi connectivity index (χ1v) is 11.3. The predicted molar refractivity (Wildman–Crippen MR) is 129 cm³/mol. The van der Waals surface area contributed by atoms with Crippen molar-refractivity contribution < 1.29 is 9.53 Å². The Morgan fingerprint density at radius 1 is 1.36 bits per heavy atom. The molecule has 0 aliphatic heterocycles. The van der Waals surface area contributed by atoms with Crippen molar-refractivity contribution in [3.63, 3.8) is 0 Å². The van der Waals surface area contributed by atoms with E-state index < -0.39 is 11.5 Å². The lowest BCUT2D eigenvalue weighted by Crippen LogP contribution is -2.28. The van der Waals surface area contributed by atoms with E-state index in [2.05, 4.69) is 40.1 Å². The van der Waals surface area contributed by atoms with E-state index in [1.807, 2.05) is 46.1 Å². The van der Waals surface area contributed by atoms with Crippen molar-refractivity contribution in [3.8, 4) is 6.07 Å². The molecule has 2 aromatic rings.